The monoisotopic (exact) mass is 300 g/mol. The van der Waals surface area contributed by atoms with Crippen molar-refractivity contribution in [3.63, 3.8) is 0 Å². The molecule has 1 N–H and O–H groups in total. The maximum absolute atomic E-state index is 10.7. The van der Waals surface area contributed by atoms with Gasteiger partial charge >= 0.3 is 5.97 Å². The molecule has 0 saturated heterocycles. The number of aliphatic carboxylic acids is 1. The molecule has 0 aliphatic heterocycles. The highest BCUT2D eigenvalue weighted by Crippen LogP contribution is 2.22. The number of aromatic nitrogens is 4. The summed E-state index contributed by atoms with van der Waals surface area (Å²) in [7, 11) is 0. The fourth-order valence-corrected chi connectivity index (χ4v) is 2.67. The molecular formula is C14H12N4O2S. The van der Waals surface area contributed by atoms with Crippen molar-refractivity contribution >= 4 is 23.5 Å². The SMILES string of the molecule is Cc1cc(SCC(=O)O)n2nc(-c3ccccc3)nc2n1. The number of hydrogen-bond acceptors (Lipinski definition) is 5. The molecule has 21 heavy (non-hydrogen) atoms. The predicted octanol–water partition coefficient (Wildman–Crippen LogP) is 2.28. The highest BCUT2D eigenvalue weighted by Gasteiger charge is 2.12. The summed E-state index contributed by atoms with van der Waals surface area (Å²) in [5.74, 6) is 0.151. The number of carboxylic acids is 1. The molecule has 6 nitrogen and oxygen atoms in total. The van der Waals surface area contributed by atoms with Crippen molar-refractivity contribution in [2.75, 3.05) is 5.75 Å². The Morgan fingerprint density at radius 3 is 2.76 bits per heavy atom. The molecule has 0 aliphatic carbocycles. The van der Waals surface area contributed by atoms with Crippen LogP contribution in [-0.4, -0.2) is 36.4 Å². The van der Waals surface area contributed by atoms with Gasteiger partial charge in [0.25, 0.3) is 5.78 Å². The number of aryl methyl sites for hydroxylation is 1. The zero-order chi connectivity index (χ0) is 14.8. The van der Waals surface area contributed by atoms with E-state index in [0.29, 0.717) is 11.6 Å². The number of thioether (sulfide) groups is 1. The van der Waals surface area contributed by atoms with Crippen LogP contribution in [0.5, 0.6) is 0 Å². The van der Waals surface area contributed by atoms with E-state index in [9.17, 15) is 4.79 Å². The minimum Gasteiger partial charge on any atom is -0.481 e. The predicted molar refractivity (Wildman–Crippen MR) is 79.3 cm³/mol. The van der Waals surface area contributed by atoms with Gasteiger partial charge in [-0.15, -0.1) is 5.10 Å². The Balaban J connectivity index is 2.08. The average Bonchev–Trinajstić information content (AvgIpc) is 2.89. The first-order chi connectivity index (χ1) is 10.1. The van der Waals surface area contributed by atoms with Crippen molar-refractivity contribution in [2.24, 2.45) is 0 Å². The smallest absolute Gasteiger partial charge is 0.313 e. The molecule has 0 amide bonds. The van der Waals surface area contributed by atoms with Crippen LogP contribution in [0.25, 0.3) is 17.2 Å². The molecule has 3 aromatic rings. The summed E-state index contributed by atoms with van der Waals surface area (Å²) < 4.78 is 1.59. The average molecular weight is 300 g/mol. The van der Waals surface area contributed by atoms with Crippen molar-refractivity contribution in [3.05, 3.63) is 42.1 Å². The van der Waals surface area contributed by atoms with Gasteiger partial charge in [-0.3, -0.25) is 4.79 Å². The Morgan fingerprint density at radius 1 is 1.29 bits per heavy atom. The number of carbonyl (C=O) groups is 1. The van der Waals surface area contributed by atoms with E-state index in [4.69, 9.17) is 5.11 Å². The lowest BCUT2D eigenvalue weighted by Gasteiger charge is -2.02. The normalized spacial score (nSPS) is 10.9. The third kappa shape index (κ3) is 2.87. The van der Waals surface area contributed by atoms with Gasteiger partial charge in [-0.1, -0.05) is 42.1 Å². The van der Waals surface area contributed by atoms with Crippen LogP contribution < -0.4 is 0 Å². The lowest BCUT2D eigenvalue weighted by molar-refractivity contribution is -0.133. The summed E-state index contributed by atoms with van der Waals surface area (Å²) in [5, 5.41) is 14.0. The summed E-state index contributed by atoms with van der Waals surface area (Å²) >= 11 is 1.20. The molecule has 0 aliphatic rings. The van der Waals surface area contributed by atoms with E-state index >= 15 is 0 Å². The second-order valence-corrected chi connectivity index (χ2v) is 5.43. The molecule has 0 unspecified atom stereocenters. The summed E-state index contributed by atoms with van der Waals surface area (Å²) in [5.41, 5.74) is 1.68. The number of fused-ring (bicyclic) bond motifs is 1. The van der Waals surface area contributed by atoms with Crippen molar-refractivity contribution in [2.45, 2.75) is 11.9 Å². The van der Waals surface area contributed by atoms with Crippen LogP contribution in [0.3, 0.4) is 0 Å². The first-order valence-corrected chi connectivity index (χ1v) is 7.26. The second-order valence-electron chi connectivity index (χ2n) is 4.43. The molecule has 0 radical (unpaired) electrons. The standard InChI is InChI=1S/C14H12N4O2S/c1-9-7-11(21-8-12(19)20)18-14(15-9)16-13(17-18)10-5-3-2-4-6-10/h2-7H,8H2,1H3,(H,19,20). The molecule has 7 heteroatoms. The lowest BCUT2D eigenvalue weighted by atomic mass is 10.2. The topological polar surface area (TPSA) is 80.4 Å². The number of nitrogens with zero attached hydrogens (tertiary/aromatic N) is 4. The van der Waals surface area contributed by atoms with Gasteiger partial charge in [-0.05, 0) is 13.0 Å². The van der Waals surface area contributed by atoms with E-state index < -0.39 is 5.97 Å². The van der Waals surface area contributed by atoms with Crippen LogP contribution in [0.1, 0.15) is 5.69 Å². The number of rotatable bonds is 4. The zero-order valence-corrected chi connectivity index (χ0v) is 12.0. The summed E-state index contributed by atoms with van der Waals surface area (Å²) in [6.45, 7) is 1.85. The van der Waals surface area contributed by atoms with Gasteiger partial charge in [-0.2, -0.15) is 9.50 Å². The van der Waals surface area contributed by atoms with E-state index in [1.807, 2.05) is 43.3 Å². The Hall–Kier alpha value is -2.41. The summed E-state index contributed by atoms with van der Waals surface area (Å²) in [6.07, 6.45) is 0. The molecule has 3 rings (SSSR count). The molecular weight excluding hydrogens is 288 g/mol. The maximum Gasteiger partial charge on any atom is 0.313 e. The number of carboxylic acid groups (broad SMARTS) is 1. The Morgan fingerprint density at radius 2 is 2.05 bits per heavy atom. The van der Waals surface area contributed by atoms with Gasteiger partial charge in [0.2, 0.25) is 0 Å². The van der Waals surface area contributed by atoms with Crippen molar-refractivity contribution in [1.82, 2.24) is 19.6 Å². The summed E-state index contributed by atoms with van der Waals surface area (Å²) in [4.78, 5) is 19.5. The fourth-order valence-electron chi connectivity index (χ4n) is 1.90. The van der Waals surface area contributed by atoms with Crippen molar-refractivity contribution in [3.8, 4) is 11.4 Å². The van der Waals surface area contributed by atoms with Crippen LogP contribution in [0, 0.1) is 6.92 Å². The van der Waals surface area contributed by atoms with Gasteiger partial charge in [0.15, 0.2) is 5.82 Å². The quantitative estimate of drug-likeness (QED) is 0.588. The van der Waals surface area contributed by atoms with Crippen LogP contribution in [0.2, 0.25) is 0 Å². The third-order valence-electron chi connectivity index (χ3n) is 2.78. The lowest BCUT2D eigenvalue weighted by Crippen LogP contribution is -2.02. The minimum absolute atomic E-state index is 0.0287. The third-order valence-corrected chi connectivity index (χ3v) is 3.76. The highest BCUT2D eigenvalue weighted by molar-refractivity contribution is 7.99. The Kier molecular flexibility index (Phi) is 3.57. The molecule has 2 aromatic heterocycles. The van der Waals surface area contributed by atoms with E-state index in [2.05, 4.69) is 15.1 Å². The van der Waals surface area contributed by atoms with Gasteiger partial charge in [0, 0.05) is 11.3 Å². The molecule has 0 fully saturated rings. The number of hydrogen-bond donors (Lipinski definition) is 1. The highest BCUT2D eigenvalue weighted by atomic mass is 32.2. The molecule has 2 heterocycles. The number of benzene rings is 1. The van der Waals surface area contributed by atoms with Crippen molar-refractivity contribution in [1.29, 1.82) is 0 Å². The van der Waals surface area contributed by atoms with Crippen LogP contribution >= 0.6 is 11.8 Å². The fraction of sp³-hybridized carbons (Fsp3) is 0.143. The maximum atomic E-state index is 10.7. The van der Waals surface area contributed by atoms with E-state index in [1.165, 1.54) is 11.8 Å². The van der Waals surface area contributed by atoms with Gasteiger partial charge in [0.1, 0.15) is 5.03 Å². The van der Waals surface area contributed by atoms with E-state index in [1.54, 1.807) is 4.52 Å². The van der Waals surface area contributed by atoms with Crippen LogP contribution in [0.4, 0.5) is 0 Å². The zero-order valence-electron chi connectivity index (χ0n) is 11.2. The molecule has 0 bridgehead atoms. The second kappa shape index (κ2) is 5.53. The first-order valence-electron chi connectivity index (χ1n) is 6.28. The molecule has 106 valence electrons. The van der Waals surface area contributed by atoms with Gasteiger partial charge < -0.3 is 5.11 Å². The largest absolute Gasteiger partial charge is 0.481 e. The van der Waals surface area contributed by atoms with Gasteiger partial charge in [-0.25, -0.2) is 4.98 Å². The van der Waals surface area contributed by atoms with Crippen LogP contribution in [0.15, 0.2) is 41.4 Å². The van der Waals surface area contributed by atoms with Crippen molar-refractivity contribution < 1.29 is 9.90 Å². The first kappa shape index (κ1) is 13.6. The Labute approximate surface area is 124 Å². The molecule has 0 saturated carbocycles. The van der Waals surface area contributed by atoms with E-state index in [0.717, 1.165) is 16.3 Å². The minimum atomic E-state index is -0.869. The summed E-state index contributed by atoms with van der Waals surface area (Å²) in [6, 6.07) is 11.4. The molecule has 0 atom stereocenters. The van der Waals surface area contributed by atoms with Gasteiger partial charge in [0.05, 0.1) is 5.75 Å². The van der Waals surface area contributed by atoms with Crippen LogP contribution in [-0.2, 0) is 4.79 Å². The molecule has 1 aromatic carbocycles. The Bertz CT molecular complexity index is 801. The van der Waals surface area contributed by atoms with E-state index in [-0.39, 0.29) is 5.75 Å². The molecule has 0 spiro atoms.